The Labute approximate surface area is 97.1 Å². The van der Waals surface area contributed by atoms with Crippen molar-refractivity contribution >= 4 is 11.5 Å². The van der Waals surface area contributed by atoms with Crippen LogP contribution in [0.5, 0.6) is 0 Å². The van der Waals surface area contributed by atoms with E-state index in [1.54, 1.807) is 6.08 Å². The van der Waals surface area contributed by atoms with Gasteiger partial charge in [-0.3, -0.25) is 9.79 Å². The Bertz CT molecular complexity index is 532. The smallest absolute Gasteiger partial charge is 0.274 e. The van der Waals surface area contributed by atoms with E-state index in [-0.39, 0.29) is 18.1 Å². The quantitative estimate of drug-likeness (QED) is 0.632. The van der Waals surface area contributed by atoms with Crippen LogP contribution in [0.25, 0.3) is 0 Å². The minimum absolute atomic E-state index is 0.0430. The predicted molar refractivity (Wildman–Crippen MR) is 58.1 cm³/mol. The second kappa shape index (κ2) is 2.57. The minimum Gasteiger partial charge on any atom is -0.292 e. The van der Waals surface area contributed by atoms with Gasteiger partial charge in [-0.15, -0.1) is 0 Å². The van der Waals surface area contributed by atoms with Crippen LogP contribution in [0.3, 0.4) is 0 Å². The molecular formula is C13H11F2NO. The molecule has 4 heteroatoms. The summed E-state index contributed by atoms with van der Waals surface area (Å²) >= 11 is 0. The number of allylic oxidation sites excluding steroid dienone is 4. The summed E-state index contributed by atoms with van der Waals surface area (Å²) in [5, 5.41) is 0. The van der Waals surface area contributed by atoms with E-state index < -0.39 is 17.3 Å². The van der Waals surface area contributed by atoms with E-state index in [4.69, 9.17) is 0 Å². The third kappa shape index (κ3) is 0.956. The van der Waals surface area contributed by atoms with Crippen LogP contribution in [0.15, 0.2) is 28.8 Å². The van der Waals surface area contributed by atoms with Crippen LogP contribution in [-0.4, -0.2) is 24.0 Å². The first kappa shape index (κ1) is 9.68. The summed E-state index contributed by atoms with van der Waals surface area (Å²) in [5.41, 5.74) is 0.445. The average Bonchev–Trinajstić information content (AvgIpc) is 2.80. The van der Waals surface area contributed by atoms with Crippen LogP contribution >= 0.6 is 0 Å². The molecule has 0 amide bonds. The minimum atomic E-state index is -2.83. The van der Waals surface area contributed by atoms with Crippen molar-refractivity contribution in [3.63, 3.8) is 0 Å². The van der Waals surface area contributed by atoms with Crippen molar-refractivity contribution in [1.82, 2.24) is 0 Å². The van der Waals surface area contributed by atoms with E-state index in [1.807, 2.05) is 0 Å². The maximum absolute atomic E-state index is 14.1. The topological polar surface area (TPSA) is 29.4 Å². The Morgan fingerprint density at radius 1 is 1.41 bits per heavy atom. The van der Waals surface area contributed by atoms with E-state index in [0.717, 1.165) is 6.08 Å². The van der Waals surface area contributed by atoms with Crippen molar-refractivity contribution in [3.8, 4) is 0 Å². The highest BCUT2D eigenvalue weighted by atomic mass is 19.3. The number of aliphatic imine (C=N–C) groups is 1. The molecule has 0 N–H and O–H groups in total. The Balaban J connectivity index is 1.91. The normalized spacial score (nSPS) is 44.5. The van der Waals surface area contributed by atoms with Gasteiger partial charge in [0.15, 0.2) is 5.78 Å². The van der Waals surface area contributed by atoms with Gasteiger partial charge in [-0.2, -0.15) is 0 Å². The summed E-state index contributed by atoms with van der Waals surface area (Å²) in [4.78, 5) is 16.1. The lowest BCUT2D eigenvalue weighted by molar-refractivity contribution is -0.114. The molecule has 3 aliphatic carbocycles. The molecule has 1 spiro atoms. The Kier molecular flexibility index (Phi) is 1.47. The molecule has 3 unspecified atom stereocenters. The molecule has 0 aromatic rings. The highest BCUT2D eigenvalue weighted by molar-refractivity contribution is 6.44. The van der Waals surface area contributed by atoms with Crippen LogP contribution < -0.4 is 0 Å². The van der Waals surface area contributed by atoms with Crippen molar-refractivity contribution in [2.45, 2.75) is 18.8 Å². The second-order valence-electron chi connectivity index (χ2n) is 5.44. The van der Waals surface area contributed by atoms with Gasteiger partial charge in [0.1, 0.15) is 0 Å². The SMILES string of the molecule is O=C1CC2=CC=CC(F)(F)C2C23CC2CN=C13. The largest absolute Gasteiger partial charge is 0.292 e. The number of hydrogen-bond donors (Lipinski definition) is 0. The molecule has 0 aromatic heterocycles. The predicted octanol–water partition coefficient (Wildman–Crippen LogP) is 2.17. The lowest BCUT2D eigenvalue weighted by Gasteiger charge is -2.39. The van der Waals surface area contributed by atoms with Gasteiger partial charge in [0, 0.05) is 18.4 Å². The van der Waals surface area contributed by atoms with Gasteiger partial charge in [0.2, 0.25) is 0 Å². The second-order valence-corrected chi connectivity index (χ2v) is 5.44. The number of carbonyl (C=O) groups is 1. The number of fused-ring (bicyclic) bond motifs is 1. The van der Waals surface area contributed by atoms with Gasteiger partial charge in [-0.05, 0) is 18.4 Å². The number of ketones is 1. The average molecular weight is 235 g/mol. The summed E-state index contributed by atoms with van der Waals surface area (Å²) in [6.07, 6.45) is 4.88. The molecule has 4 aliphatic rings. The fourth-order valence-corrected chi connectivity index (χ4v) is 3.90. The number of Topliss-reactive ketones (excluding diaryl/α,β-unsaturated/α-hetero) is 1. The maximum atomic E-state index is 14.1. The molecule has 0 aromatic carbocycles. The number of alkyl halides is 2. The molecule has 0 bridgehead atoms. The van der Waals surface area contributed by atoms with Crippen molar-refractivity contribution in [3.05, 3.63) is 23.8 Å². The van der Waals surface area contributed by atoms with Gasteiger partial charge in [0.25, 0.3) is 5.92 Å². The fraction of sp³-hybridized carbons (Fsp3) is 0.538. The third-order valence-corrected chi connectivity index (χ3v) is 4.59. The van der Waals surface area contributed by atoms with Crippen molar-refractivity contribution in [2.75, 3.05) is 6.54 Å². The summed E-state index contributed by atoms with van der Waals surface area (Å²) in [5.74, 6) is -3.51. The van der Waals surface area contributed by atoms with Crippen molar-refractivity contribution in [2.24, 2.45) is 22.2 Å². The standard InChI is InChI=1S/C13H11F2NO/c14-13(15)3-1-2-7-4-9(17)11-12(10(7)13)5-8(12)6-16-11/h1-3,8,10H,4-6H2. The zero-order chi connectivity index (χ0) is 11.8. The highest BCUT2D eigenvalue weighted by Crippen LogP contribution is 2.69. The molecule has 88 valence electrons. The molecule has 0 radical (unpaired) electrons. The molecule has 2 fully saturated rings. The Morgan fingerprint density at radius 2 is 2.24 bits per heavy atom. The summed E-state index contributed by atoms with van der Waals surface area (Å²) < 4.78 is 28.2. The van der Waals surface area contributed by atoms with E-state index >= 15 is 0 Å². The molecule has 0 saturated heterocycles. The van der Waals surface area contributed by atoms with Gasteiger partial charge in [0.05, 0.1) is 11.6 Å². The first-order valence-corrected chi connectivity index (χ1v) is 5.90. The molecule has 2 saturated carbocycles. The lowest BCUT2D eigenvalue weighted by atomic mass is 9.66. The molecule has 2 nitrogen and oxygen atoms in total. The highest BCUT2D eigenvalue weighted by Gasteiger charge is 2.73. The van der Waals surface area contributed by atoms with Gasteiger partial charge in [-0.25, -0.2) is 8.78 Å². The number of hydrogen-bond acceptors (Lipinski definition) is 2. The molecule has 4 rings (SSSR count). The van der Waals surface area contributed by atoms with Crippen LogP contribution in [0.2, 0.25) is 0 Å². The molecule has 1 heterocycles. The molecular weight excluding hydrogens is 224 g/mol. The maximum Gasteiger partial charge on any atom is 0.274 e. The molecule has 1 aliphatic heterocycles. The summed E-state index contributed by atoms with van der Waals surface area (Å²) in [7, 11) is 0. The molecule has 3 atom stereocenters. The summed E-state index contributed by atoms with van der Waals surface area (Å²) in [6.45, 7) is 0.560. The Morgan fingerprint density at radius 3 is 3.00 bits per heavy atom. The number of nitrogens with zero attached hydrogens (tertiary/aromatic N) is 1. The van der Waals surface area contributed by atoms with Gasteiger partial charge < -0.3 is 0 Å². The first-order valence-electron chi connectivity index (χ1n) is 5.90. The molecule has 17 heavy (non-hydrogen) atoms. The zero-order valence-electron chi connectivity index (χ0n) is 9.12. The number of carbonyl (C=O) groups excluding carboxylic acids is 1. The van der Waals surface area contributed by atoms with E-state index in [1.165, 1.54) is 6.08 Å². The lowest BCUT2D eigenvalue weighted by Crippen LogP contribution is -2.47. The number of rotatable bonds is 0. The van der Waals surface area contributed by atoms with Gasteiger partial charge >= 0.3 is 0 Å². The van der Waals surface area contributed by atoms with Gasteiger partial charge in [-0.1, -0.05) is 17.7 Å². The number of halogens is 2. The Hall–Kier alpha value is -1.32. The van der Waals surface area contributed by atoms with Crippen molar-refractivity contribution < 1.29 is 13.6 Å². The fourth-order valence-electron chi connectivity index (χ4n) is 3.90. The van der Waals surface area contributed by atoms with Crippen LogP contribution in [0, 0.1) is 17.3 Å². The van der Waals surface area contributed by atoms with E-state index in [2.05, 4.69) is 4.99 Å². The van der Waals surface area contributed by atoms with Crippen molar-refractivity contribution in [1.29, 1.82) is 0 Å². The third-order valence-electron chi connectivity index (χ3n) is 4.59. The monoisotopic (exact) mass is 235 g/mol. The van der Waals surface area contributed by atoms with E-state index in [0.29, 0.717) is 24.3 Å². The van der Waals surface area contributed by atoms with Crippen LogP contribution in [0.1, 0.15) is 12.8 Å². The first-order chi connectivity index (χ1) is 8.06. The van der Waals surface area contributed by atoms with Crippen LogP contribution in [-0.2, 0) is 4.79 Å². The van der Waals surface area contributed by atoms with Crippen LogP contribution in [0.4, 0.5) is 8.78 Å². The van der Waals surface area contributed by atoms with E-state index in [9.17, 15) is 13.6 Å². The summed E-state index contributed by atoms with van der Waals surface area (Å²) in [6, 6.07) is 0. The zero-order valence-corrected chi connectivity index (χ0v) is 9.12.